The van der Waals surface area contributed by atoms with Gasteiger partial charge in [-0.2, -0.15) is 0 Å². The number of aromatic amines is 1. The summed E-state index contributed by atoms with van der Waals surface area (Å²) < 4.78 is 40.4. The molecule has 0 spiro atoms. The van der Waals surface area contributed by atoms with Crippen LogP contribution in [-0.2, 0) is 6.42 Å². The van der Waals surface area contributed by atoms with Gasteiger partial charge in [0.05, 0.1) is 12.5 Å². The Hall–Kier alpha value is -4.61. The molecule has 1 atom stereocenters. The van der Waals surface area contributed by atoms with E-state index in [1.807, 2.05) is 0 Å². The van der Waals surface area contributed by atoms with Crippen LogP contribution < -0.4 is 20.9 Å². The Morgan fingerprint density at radius 2 is 1.92 bits per heavy atom. The first-order valence-corrected chi connectivity index (χ1v) is 11.5. The molecule has 0 saturated carbocycles. The van der Waals surface area contributed by atoms with Crippen molar-refractivity contribution in [3.63, 3.8) is 0 Å². The first kappa shape index (κ1) is 25.5. The first-order valence-electron chi connectivity index (χ1n) is 11.5. The number of hydrogen-bond acceptors (Lipinski definition) is 7. The number of H-pyrrole nitrogens is 1. The molecule has 10 nitrogen and oxygen atoms in total. The lowest BCUT2D eigenvalue weighted by atomic mass is 9.90. The molecule has 0 saturated heterocycles. The van der Waals surface area contributed by atoms with E-state index in [0.717, 1.165) is 10.2 Å². The van der Waals surface area contributed by atoms with Gasteiger partial charge in [0.15, 0.2) is 11.6 Å². The SMILES string of the molecule is CCOc1cc(OCCF)cc(C(Cc2ccc(C(=N)N)cc2)c2nn(-c3ncccn3)c(=O)[nH]2)c1F. The van der Waals surface area contributed by atoms with E-state index in [4.69, 9.17) is 20.6 Å². The van der Waals surface area contributed by atoms with Gasteiger partial charge in [0.1, 0.15) is 30.7 Å². The lowest BCUT2D eigenvalue weighted by molar-refractivity contribution is 0.268. The summed E-state index contributed by atoms with van der Waals surface area (Å²) in [6.07, 6.45) is 3.14. The van der Waals surface area contributed by atoms with Gasteiger partial charge in [-0.25, -0.2) is 23.5 Å². The Kier molecular flexibility index (Phi) is 7.86. The Balaban J connectivity index is 1.84. The molecule has 37 heavy (non-hydrogen) atoms. The normalized spacial score (nSPS) is 11.8. The standard InChI is InChI=1S/C25H25F2N7O3/c1-2-36-20-14-17(37-11-8-26)13-18(21(20)27)19(12-15-4-6-16(7-5-15)22(28)29)23-32-25(35)34(33-23)24-30-9-3-10-31-24/h3-7,9-10,13-14,19H,2,8,11-12H2,1H3,(H3,28,29)(H,32,33,35). The predicted molar refractivity (Wildman–Crippen MR) is 132 cm³/mol. The number of rotatable bonds is 11. The van der Waals surface area contributed by atoms with Crippen molar-refractivity contribution in [3.8, 4) is 17.4 Å². The fourth-order valence-corrected chi connectivity index (χ4v) is 3.79. The molecule has 0 aliphatic rings. The number of nitrogens with two attached hydrogens (primary N) is 1. The number of alkyl halides is 1. The smallest absolute Gasteiger partial charge is 0.350 e. The van der Waals surface area contributed by atoms with Crippen LogP contribution in [0.1, 0.15) is 35.4 Å². The summed E-state index contributed by atoms with van der Waals surface area (Å²) in [6.45, 7) is 0.959. The molecule has 192 valence electrons. The van der Waals surface area contributed by atoms with Crippen LogP contribution in [0.3, 0.4) is 0 Å². The summed E-state index contributed by atoms with van der Waals surface area (Å²) >= 11 is 0. The minimum absolute atomic E-state index is 0.0510. The maximum Gasteiger partial charge on any atom is 0.350 e. The number of nitrogens with zero attached hydrogens (tertiary/aromatic N) is 4. The molecule has 0 aliphatic heterocycles. The van der Waals surface area contributed by atoms with Crippen molar-refractivity contribution < 1.29 is 18.3 Å². The quantitative estimate of drug-likeness (QED) is 0.208. The van der Waals surface area contributed by atoms with Crippen LogP contribution in [0, 0.1) is 11.2 Å². The third-order valence-corrected chi connectivity index (χ3v) is 5.47. The van der Waals surface area contributed by atoms with Gasteiger partial charge in [-0.05, 0) is 31.0 Å². The Bertz CT molecular complexity index is 1420. The zero-order valence-electron chi connectivity index (χ0n) is 19.9. The minimum atomic E-state index is -0.811. The van der Waals surface area contributed by atoms with Crippen LogP contribution in [0.25, 0.3) is 5.95 Å². The van der Waals surface area contributed by atoms with Gasteiger partial charge in [-0.15, -0.1) is 9.78 Å². The van der Waals surface area contributed by atoms with E-state index in [2.05, 4.69) is 20.1 Å². The van der Waals surface area contributed by atoms with E-state index in [0.29, 0.717) is 5.56 Å². The highest BCUT2D eigenvalue weighted by Gasteiger charge is 2.27. The molecule has 0 bridgehead atoms. The van der Waals surface area contributed by atoms with E-state index >= 15 is 4.39 Å². The van der Waals surface area contributed by atoms with Crippen molar-refractivity contribution in [2.24, 2.45) is 5.73 Å². The number of nitrogens with one attached hydrogen (secondary N) is 2. The van der Waals surface area contributed by atoms with Crippen molar-refractivity contribution in [3.05, 3.63) is 93.7 Å². The Morgan fingerprint density at radius 1 is 1.19 bits per heavy atom. The number of aromatic nitrogens is 5. The molecule has 0 amide bonds. The topological polar surface area (TPSA) is 145 Å². The zero-order chi connectivity index (χ0) is 26.4. The van der Waals surface area contributed by atoms with Crippen molar-refractivity contribution in [2.45, 2.75) is 19.3 Å². The first-order chi connectivity index (χ1) is 17.9. The second-order valence-electron chi connectivity index (χ2n) is 7.94. The van der Waals surface area contributed by atoms with Gasteiger partial charge in [-0.1, -0.05) is 24.3 Å². The number of amidine groups is 1. The van der Waals surface area contributed by atoms with Gasteiger partial charge in [0.2, 0.25) is 0 Å². The third-order valence-electron chi connectivity index (χ3n) is 5.47. The molecule has 0 aliphatic carbocycles. The van der Waals surface area contributed by atoms with Crippen LogP contribution in [0.15, 0.2) is 59.7 Å². The molecule has 2 aromatic carbocycles. The fraction of sp³-hybridized carbons (Fsp3) is 0.240. The van der Waals surface area contributed by atoms with Crippen molar-refractivity contribution >= 4 is 5.84 Å². The van der Waals surface area contributed by atoms with Crippen LogP contribution >= 0.6 is 0 Å². The van der Waals surface area contributed by atoms with Gasteiger partial charge in [0, 0.05) is 29.6 Å². The number of nitrogen functional groups attached to an aromatic ring is 1. The van der Waals surface area contributed by atoms with Crippen LogP contribution in [0.2, 0.25) is 0 Å². The summed E-state index contributed by atoms with van der Waals surface area (Å²) in [5, 5.41) is 12.0. The average Bonchev–Trinajstić information content (AvgIpc) is 3.29. The van der Waals surface area contributed by atoms with Crippen LogP contribution in [-0.4, -0.2) is 50.5 Å². The van der Waals surface area contributed by atoms with E-state index in [1.54, 1.807) is 37.3 Å². The lowest BCUT2D eigenvalue weighted by Gasteiger charge is -2.19. The molecule has 0 fully saturated rings. The predicted octanol–water partition coefficient (Wildman–Crippen LogP) is 2.90. The van der Waals surface area contributed by atoms with E-state index < -0.39 is 24.1 Å². The van der Waals surface area contributed by atoms with Crippen LogP contribution in [0.4, 0.5) is 8.78 Å². The number of halogens is 2. The molecular formula is C25H25F2N7O3. The van der Waals surface area contributed by atoms with E-state index in [-0.39, 0.29) is 54.3 Å². The summed E-state index contributed by atoms with van der Waals surface area (Å²) in [5.41, 5.74) is 6.38. The highest BCUT2D eigenvalue weighted by Crippen LogP contribution is 2.36. The molecule has 4 aromatic rings. The fourth-order valence-electron chi connectivity index (χ4n) is 3.79. The molecule has 4 N–H and O–H groups in total. The average molecular weight is 510 g/mol. The zero-order valence-corrected chi connectivity index (χ0v) is 19.9. The summed E-state index contributed by atoms with van der Waals surface area (Å²) in [4.78, 5) is 23.6. The molecular weight excluding hydrogens is 484 g/mol. The van der Waals surface area contributed by atoms with Crippen molar-refractivity contribution in [1.82, 2.24) is 24.7 Å². The Labute approximate surface area is 210 Å². The second-order valence-corrected chi connectivity index (χ2v) is 7.94. The number of ether oxygens (including phenoxy) is 2. The van der Waals surface area contributed by atoms with E-state index in [9.17, 15) is 9.18 Å². The Morgan fingerprint density at radius 3 is 2.57 bits per heavy atom. The summed E-state index contributed by atoms with van der Waals surface area (Å²) in [5.74, 6) is -1.21. The molecule has 0 radical (unpaired) electrons. The van der Waals surface area contributed by atoms with Crippen molar-refractivity contribution in [2.75, 3.05) is 19.9 Å². The second kappa shape index (κ2) is 11.4. The van der Waals surface area contributed by atoms with Gasteiger partial charge in [0.25, 0.3) is 5.95 Å². The summed E-state index contributed by atoms with van der Waals surface area (Å²) in [7, 11) is 0. The molecule has 12 heteroatoms. The molecule has 1 unspecified atom stereocenters. The maximum atomic E-state index is 15.7. The molecule has 2 heterocycles. The van der Waals surface area contributed by atoms with Gasteiger partial charge in [-0.3, -0.25) is 10.4 Å². The minimum Gasteiger partial charge on any atom is -0.491 e. The summed E-state index contributed by atoms with van der Waals surface area (Å²) in [6, 6.07) is 11.3. The monoisotopic (exact) mass is 509 g/mol. The third kappa shape index (κ3) is 5.80. The van der Waals surface area contributed by atoms with Gasteiger partial charge >= 0.3 is 5.69 Å². The van der Waals surface area contributed by atoms with Crippen molar-refractivity contribution in [1.29, 1.82) is 5.41 Å². The van der Waals surface area contributed by atoms with Gasteiger partial charge < -0.3 is 15.2 Å². The maximum absolute atomic E-state index is 15.7. The highest BCUT2D eigenvalue weighted by atomic mass is 19.1. The van der Waals surface area contributed by atoms with E-state index in [1.165, 1.54) is 24.5 Å². The number of hydrogen-bond donors (Lipinski definition) is 3. The van der Waals surface area contributed by atoms with Crippen LogP contribution in [0.5, 0.6) is 11.5 Å². The molecule has 4 rings (SSSR count). The molecule has 2 aromatic heterocycles. The lowest BCUT2D eigenvalue weighted by Crippen LogP contribution is -2.18. The number of benzene rings is 2. The highest BCUT2D eigenvalue weighted by molar-refractivity contribution is 5.94. The largest absolute Gasteiger partial charge is 0.491 e.